The van der Waals surface area contributed by atoms with Gasteiger partial charge < -0.3 is 14.4 Å². The number of ether oxygens (including phenoxy) is 2. The second-order valence-electron chi connectivity index (χ2n) is 8.03. The molecule has 1 amide bonds. The first kappa shape index (κ1) is 17.5. The molecule has 1 saturated carbocycles. The van der Waals surface area contributed by atoms with Gasteiger partial charge in [0, 0.05) is 23.5 Å². The first-order valence-corrected chi connectivity index (χ1v) is 9.62. The van der Waals surface area contributed by atoms with Crippen LogP contribution >= 0.6 is 15.9 Å². The Hall–Kier alpha value is -1.89. The molecule has 1 aliphatic carbocycles. The van der Waals surface area contributed by atoms with Gasteiger partial charge in [-0.25, -0.2) is 14.8 Å². The second-order valence-corrected chi connectivity index (χ2v) is 8.94. The van der Waals surface area contributed by atoms with Crippen molar-refractivity contribution >= 4 is 33.1 Å². The fourth-order valence-electron chi connectivity index (χ4n) is 3.59. The molecular formula is C19H22BrN3O3. The van der Waals surface area contributed by atoms with Crippen molar-refractivity contribution in [2.24, 2.45) is 17.8 Å². The number of fused-ring (bicyclic) bond motifs is 2. The molecule has 0 radical (unpaired) electrons. The van der Waals surface area contributed by atoms with Gasteiger partial charge in [-0.3, -0.25) is 0 Å². The number of benzene rings is 1. The first-order chi connectivity index (χ1) is 12.3. The summed E-state index contributed by atoms with van der Waals surface area (Å²) in [4.78, 5) is 22.8. The minimum Gasteiger partial charge on any atom is -0.476 e. The number of carbonyl (C=O) groups excluding carboxylic acids is 1. The average Bonchev–Trinajstić information content (AvgIpc) is 3.00. The maximum Gasteiger partial charge on any atom is 0.410 e. The van der Waals surface area contributed by atoms with Gasteiger partial charge in [-0.05, 0) is 50.8 Å². The zero-order valence-electron chi connectivity index (χ0n) is 15.1. The highest BCUT2D eigenvalue weighted by atomic mass is 79.9. The summed E-state index contributed by atoms with van der Waals surface area (Å²) in [6, 6.07) is 5.80. The Morgan fingerprint density at radius 3 is 2.69 bits per heavy atom. The topological polar surface area (TPSA) is 64.5 Å². The largest absolute Gasteiger partial charge is 0.476 e. The lowest BCUT2D eigenvalue weighted by Crippen LogP contribution is -2.37. The summed E-state index contributed by atoms with van der Waals surface area (Å²) in [5, 5.41) is 0. The molecule has 26 heavy (non-hydrogen) atoms. The van der Waals surface area contributed by atoms with Crippen LogP contribution in [0.5, 0.6) is 5.88 Å². The molecule has 0 bridgehead atoms. The third-order valence-corrected chi connectivity index (χ3v) is 5.42. The smallest absolute Gasteiger partial charge is 0.410 e. The van der Waals surface area contributed by atoms with Crippen molar-refractivity contribution in [1.29, 1.82) is 0 Å². The summed E-state index contributed by atoms with van der Waals surface area (Å²) in [6.07, 6.45) is 1.46. The van der Waals surface area contributed by atoms with E-state index < -0.39 is 5.60 Å². The third kappa shape index (κ3) is 3.63. The second kappa shape index (κ2) is 6.37. The van der Waals surface area contributed by atoms with Gasteiger partial charge in [0.25, 0.3) is 0 Å². The van der Waals surface area contributed by atoms with Gasteiger partial charge in [0.05, 0.1) is 23.8 Å². The van der Waals surface area contributed by atoms with Crippen LogP contribution in [-0.4, -0.2) is 46.3 Å². The van der Waals surface area contributed by atoms with Crippen molar-refractivity contribution in [3.8, 4) is 5.88 Å². The van der Waals surface area contributed by atoms with E-state index in [1.807, 2.05) is 43.9 Å². The number of carbonyl (C=O) groups is 1. The molecule has 1 aliphatic heterocycles. The van der Waals surface area contributed by atoms with Crippen LogP contribution in [0.25, 0.3) is 11.0 Å². The van der Waals surface area contributed by atoms with Gasteiger partial charge in [-0.1, -0.05) is 15.9 Å². The van der Waals surface area contributed by atoms with Crippen LogP contribution in [0.3, 0.4) is 0 Å². The maximum atomic E-state index is 12.1. The number of nitrogens with zero attached hydrogens (tertiary/aromatic N) is 3. The van der Waals surface area contributed by atoms with Gasteiger partial charge in [0.1, 0.15) is 5.60 Å². The Kier molecular flexibility index (Phi) is 4.29. The first-order valence-electron chi connectivity index (χ1n) is 8.83. The predicted molar refractivity (Wildman–Crippen MR) is 101 cm³/mol. The molecule has 4 rings (SSSR count). The number of hydrogen-bond donors (Lipinski definition) is 0. The van der Waals surface area contributed by atoms with E-state index >= 15 is 0 Å². The molecule has 1 aromatic heterocycles. The summed E-state index contributed by atoms with van der Waals surface area (Å²) in [6.45, 7) is 7.80. The number of amides is 1. The Bertz CT molecular complexity index is 840. The Morgan fingerprint density at radius 1 is 1.27 bits per heavy atom. The number of piperidine rings is 1. The summed E-state index contributed by atoms with van der Waals surface area (Å²) in [5.41, 5.74) is 1.21. The molecule has 7 heteroatoms. The van der Waals surface area contributed by atoms with Gasteiger partial charge in [0.2, 0.25) is 5.88 Å². The summed E-state index contributed by atoms with van der Waals surface area (Å²) in [7, 11) is 0. The van der Waals surface area contributed by atoms with Crippen molar-refractivity contribution < 1.29 is 14.3 Å². The summed E-state index contributed by atoms with van der Waals surface area (Å²) in [5.74, 6) is 2.04. The zero-order valence-corrected chi connectivity index (χ0v) is 16.7. The van der Waals surface area contributed by atoms with Crippen molar-refractivity contribution in [3.63, 3.8) is 0 Å². The van der Waals surface area contributed by atoms with Crippen LogP contribution < -0.4 is 4.74 Å². The molecule has 6 nitrogen and oxygen atoms in total. The number of hydrogen-bond acceptors (Lipinski definition) is 5. The van der Waals surface area contributed by atoms with E-state index in [0.717, 1.165) is 28.6 Å². The number of rotatable bonds is 3. The maximum absolute atomic E-state index is 12.1. The standard InChI is InChI=1S/C19H22BrN3O3/c1-19(2,3)26-18(24)23-8-12-13(9-23)14(12)10-25-17-7-21-15-5-4-11(20)6-16(15)22-17/h4-7,12-14H,8-10H2,1-3H3/t12-,13+,14+. The molecule has 2 fully saturated rings. The normalized spacial score (nSPS) is 24.5. The van der Waals surface area contributed by atoms with Crippen LogP contribution in [0.2, 0.25) is 0 Å². The zero-order chi connectivity index (χ0) is 18.5. The SMILES string of the molecule is CC(C)(C)OC(=O)N1C[C@@H]2[C@@H](COc3cnc4ccc(Br)cc4n3)[C@@H]2C1. The van der Waals surface area contributed by atoms with E-state index in [1.165, 1.54) is 0 Å². The minimum absolute atomic E-state index is 0.213. The fourth-order valence-corrected chi connectivity index (χ4v) is 3.94. The van der Waals surface area contributed by atoms with E-state index in [1.54, 1.807) is 6.20 Å². The quantitative estimate of drug-likeness (QED) is 0.754. The highest BCUT2D eigenvalue weighted by Gasteiger charge is 2.57. The van der Waals surface area contributed by atoms with Crippen LogP contribution in [0.4, 0.5) is 4.79 Å². The van der Waals surface area contributed by atoms with E-state index in [9.17, 15) is 4.79 Å². The van der Waals surface area contributed by atoms with Crippen molar-refractivity contribution in [3.05, 3.63) is 28.9 Å². The molecular weight excluding hydrogens is 398 g/mol. The number of halogens is 1. The molecule has 2 aromatic rings. The Labute approximate surface area is 161 Å². The highest BCUT2D eigenvalue weighted by Crippen LogP contribution is 2.51. The monoisotopic (exact) mass is 419 g/mol. The lowest BCUT2D eigenvalue weighted by Gasteiger charge is -2.25. The van der Waals surface area contributed by atoms with Gasteiger partial charge in [-0.2, -0.15) is 0 Å². The number of likely N-dealkylation sites (tertiary alicyclic amines) is 1. The molecule has 3 atom stereocenters. The van der Waals surface area contributed by atoms with E-state index in [4.69, 9.17) is 9.47 Å². The molecule has 0 unspecified atom stereocenters. The molecule has 1 saturated heterocycles. The van der Waals surface area contributed by atoms with Gasteiger partial charge >= 0.3 is 6.09 Å². The molecule has 2 aliphatic rings. The molecule has 1 aromatic carbocycles. The minimum atomic E-state index is -0.448. The molecule has 0 N–H and O–H groups in total. The van der Waals surface area contributed by atoms with Crippen molar-refractivity contribution in [1.82, 2.24) is 14.9 Å². The summed E-state index contributed by atoms with van der Waals surface area (Å²) < 4.78 is 12.3. The third-order valence-electron chi connectivity index (χ3n) is 4.93. The van der Waals surface area contributed by atoms with Crippen LogP contribution in [0.15, 0.2) is 28.9 Å². The van der Waals surface area contributed by atoms with E-state index in [2.05, 4.69) is 25.9 Å². The Morgan fingerprint density at radius 2 is 2.00 bits per heavy atom. The number of aromatic nitrogens is 2. The molecule has 2 heterocycles. The highest BCUT2D eigenvalue weighted by molar-refractivity contribution is 9.10. The average molecular weight is 420 g/mol. The van der Waals surface area contributed by atoms with E-state index in [-0.39, 0.29) is 6.09 Å². The lowest BCUT2D eigenvalue weighted by atomic mass is 10.2. The van der Waals surface area contributed by atoms with Gasteiger partial charge in [-0.15, -0.1) is 0 Å². The van der Waals surface area contributed by atoms with Crippen molar-refractivity contribution in [2.45, 2.75) is 26.4 Å². The van der Waals surface area contributed by atoms with E-state index in [0.29, 0.717) is 30.2 Å². The fraction of sp³-hybridized carbons (Fsp3) is 0.526. The van der Waals surface area contributed by atoms with Gasteiger partial charge in [0.15, 0.2) is 0 Å². The Balaban J connectivity index is 1.30. The van der Waals surface area contributed by atoms with Crippen LogP contribution in [0.1, 0.15) is 20.8 Å². The van der Waals surface area contributed by atoms with Crippen molar-refractivity contribution in [2.75, 3.05) is 19.7 Å². The van der Waals surface area contributed by atoms with Crippen LogP contribution in [-0.2, 0) is 4.74 Å². The van der Waals surface area contributed by atoms with Crippen LogP contribution in [0, 0.1) is 17.8 Å². The molecule has 138 valence electrons. The predicted octanol–water partition coefficient (Wildman–Crippen LogP) is 3.88. The molecule has 0 spiro atoms. The lowest BCUT2D eigenvalue weighted by molar-refractivity contribution is 0.0260. The summed E-state index contributed by atoms with van der Waals surface area (Å²) >= 11 is 3.45.